The Hall–Kier alpha value is -0.810. The van der Waals surface area contributed by atoms with Gasteiger partial charge in [0.1, 0.15) is 16.7 Å². The highest BCUT2D eigenvalue weighted by Gasteiger charge is 2.41. The summed E-state index contributed by atoms with van der Waals surface area (Å²) in [5.74, 6) is -0.0791. The van der Waals surface area contributed by atoms with Gasteiger partial charge in [-0.15, -0.1) is 11.3 Å². The molecular weight excluding hydrogens is 448 g/mol. The number of halogens is 4. The fourth-order valence-electron chi connectivity index (χ4n) is 2.09. The third-order valence-corrected chi connectivity index (χ3v) is 6.04. The molecule has 0 saturated carbocycles. The molecule has 2 aromatic rings. The zero-order valence-electron chi connectivity index (χ0n) is 10.8. The number of thiazole rings is 1. The predicted octanol–water partition coefficient (Wildman–Crippen LogP) is 4.70. The van der Waals surface area contributed by atoms with Crippen LogP contribution in [0.15, 0.2) is 29.8 Å². The molecule has 0 aliphatic carbocycles. The zero-order chi connectivity index (χ0) is 15.9. The minimum Gasteiger partial charge on any atom is -0.291 e. The van der Waals surface area contributed by atoms with Crippen LogP contribution in [-0.2, 0) is 0 Å². The van der Waals surface area contributed by atoms with Crippen molar-refractivity contribution in [3.05, 3.63) is 43.8 Å². The molecule has 0 saturated heterocycles. The van der Waals surface area contributed by atoms with E-state index in [-0.39, 0.29) is 16.5 Å². The van der Waals surface area contributed by atoms with Crippen LogP contribution in [0.5, 0.6) is 0 Å². The molecule has 1 atom stereocenters. The number of ketones is 1. The molecule has 1 aromatic heterocycles. The molecule has 1 unspecified atom stereocenters. The number of aromatic nitrogens is 1. The van der Waals surface area contributed by atoms with Crippen molar-refractivity contribution < 1.29 is 18.0 Å². The van der Waals surface area contributed by atoms with Crippen molar-refractivity contribution in [1.82, 2.24) is 4.98 Å². The van der Waals surface area contributed by atoms with Crippen molar-refractivity contribution in [2.75, 3.05) is 10.8 Å². The number of rotatable bonds is 2. The highest BCUT2D eigenvalue weighted by molar-refractivity contribution is 14.1. The molecule has 0 fully saturated rings. The first-order chi connectivity index (χ1) is 10.4. The van der Waals surface area contributed by atoms with E-state index in [1.807, 2.05) is 12.1 Å². The SMILES string of the molecule is O=C1c2scnc2N(CC(F)(F)F)SC1c1ccccc1I. The summed E-state index contributed by atoms with van der Waals surface area (Å²) in [6.45, 7) is -1.14. The second kappa shape index (κ2) is 6.00. The summed E-state index contributed by atoms with van der Waals surface area (Å²) in [4.78, 5) is 16.8. The molecule has 22 heavy (non-hydrogen) atoms. The molecule has 9 heteroatoms. The quantitative estimate of drug-likeness (QED) is 0.485. The van der Waals surface area contributed by atoms with Crippen molar-refractivity contribution in [3.63, 3.8) is 0 Å². The Balaban J connectivity index is 2.01. The highest BCUT2D eigenvalue weighted by Crippen LogP contribution is 2.47. The van der Waals surface area contributed by atoms with Crippen LogP contribution in [-0.4, -0.2) is 23.5 Å². The number of benzene rings is 1. The Bertz CT molecular complexity index is 719. The smallest absolute Gasteiger partial charge is 0.291 e. The number of carbonyl (C=O) groups excluding carboxylic acids is 1. The van der Waals surface area contributed by atoms with Gasteiger partial charge in [0, 0.05) is 3.57 Å². The Labute approximate surface area is 146 Å². The van der Waals surface area contributed by atoms with Gasteiger partial charge in [0.05, 0.1) is 5.51 Å². The van der Waals surface area contributed by atoms with E-state index in [2.05, 4.69) is 27.6 Å². The minimum atomic E-state index is -4.36. The number of carbonyl (C=O) groups is 1. The van der Waals surface area contributed by atoms with Crippen LogP contribution < -0.4 is 4.31 Å². The van der Waals surface area contributed by atoms with Crippen LogP contribution in [0.25, 0.3) is 0 Å². The third kappa shape index (κ3) is 3.11. The van der Waals surface area contributed by atoms with Gasteiger partial charge in [0.25, 0.3) is 0 Å². The maximum absolute atomic E-state index is 12.8. The maximum atomic E-state index is 12.8. The first-order valence-electron chi connectivity index (χ1n) is 6.10. The molecule has 3 rings (SSSR count). The van der Waals surface area contributed by atoms with E-state index in [4.69, 9.17) is 0 Å². The minimum absolute atomic E-state index is 0.111. The highest BCUT2D eigenvalue weighted by atomic mass is 127. The predicted molar refractivity (Wildman–Crippen MR) is 89.3 cm³/mol. The van der Waals surface area contributed by atoms with E-state index in [1.165, 1.54) is 5.51 Å². The summed E-state index contributed by atoms with van der Waals surface area (Å²) in [5.41, 5.74) is 2.13. The Morgan fingerprint density at radius 1 is 1.32 bits per heavy atom. The monoisotopic (exact) mass is 456 g/mol. The lowest BCUT2D eigenvalue weighted by Gasteiger charge is -2.31. The van der Waals surface area contributed by atoms with Gasteiger partial charge in [-0.1, -0.05) is 18.2 Å². The lowest BCUT2D eigenvalue weighted by molar-refractivity contribution is -0.117. The molecule has 0 amide bonds. The Morgan fingerprint density at radius 2 is 2.05 bits per heavy atom. The number of hydrogen-bond donors (Lipinski definition) is 0. The molecule has 0 spiro atoms. The first kappa shape index (κ1) is 16.1. The summed E-state index contributed by atoms with van der Waals surface area (Å²) in [7, 11) is 0. The molecule has 1 aliphatic rings. The summed E-state index contributed by atoms with van der Waals surface area (Å²) in [6.07, 6.45) is -4.36. The number of fused-ring (bicyclic) bond motifs is 1. The van der Waals surface area contributed by atoms with E-state index in [0.29, 0.717) is 0 Å². The van der Waals surface area contributed by atoms with E-state index in [9.17, 15) is 18.0 Å². The Kier molecular flexibility index (Phi) is 4.38. The van der Waals surface area contributed by atoms with Gasteiger partial charge in [0.2, 0.25) is 0 Å². The van der Waals surface area contributed by atoms with Crippen LogP contribution in [0, 0.1) is 3.57 Å². The lowest BCUT2D eigenvalue weighted by Crippen LogP contribution is -2.34. The van der Waals surface area contributed by atoms with Crippen molar-refractivity contribution in [3.8, 4) is 0 Å². The van der Waals surface area contributed by atoms with Crippen LogP contribution in [0.4, 0.5) is 19.0 Å². The van der Waals surface area contributed by atoms with Crippen LogP contribution in [0.2, 0.25) is 0 Å². The lowest BCUT2D eigenvalue weighted by atomic mass is 10.1. The van der Waals surface area contributed by atoms with Gasteiger partial charge in [-0.2, -0.15) is 13.2 Å². The molecule has 1 aromatic carbocycles. The summed E-state index contributed by atoms with van der Waals surface area (Å²) in [6, 6.07) is 7.21. The molecule has 0 radical (unpaired) electrons. The third-order valence-electron chi connectivity index (χ3n) is 2.99. The summed E-state index contributed by atoms with van der Waals surface area (Å²) < 4.78 is 40.3. The van der Waals surface area contributed by atoms with Gasteiger partial charge < -0.3 is 0 Å². The normalized spacial score (nSPS) is 18.5. The first-order valence-corrected chi connectivity index (χ1v) is 8.89. The number of alkyl halides is 3. The number of anilines is 1. The molecule has 1 aliphatic heterocycles. The van der Waals surface area contributed by atoms with Crippen LogP contribution in [0.1, 0.15) is 20.5 Å². The fraction of sp³-hybridized carbons (Fsp3) is 0.231. The van der Waals surface area contributed by atoms with Crippen molar-refractivity contribution in [1.29, 1.82) is 0 Å². The van der Waals surface area contributed by atoms with Crippen LogP contribution in [0.3, 0.4) is 0 Å². The average molecular weight is 456 g/mol. The Morgan fingerprint density at radius 3 is 2.73 bits per heavy atom. The number of nitrogens with zero attached hydrogens (tertiary/aromatic N) is 2. The van der Waals surface area contributed by atoms with E-state index < -0.39 is 18.0 Å². The molecule has 116 valence electrons. The molecule has 2 heterocycles. The van der Waals surface area contributed by atoms with Gasteiger partial charge in [0.15, 0.2) is 11.6 Å². The van der Waals surface area contributed by atoms with Crippen molar-refractivity contribution >= 4 is 57.5 Å². The van der Waals surface area contributed by atoms with Gasteiger partial charge in [-0.3, -0.25) is 9.10 Å². The topological polar surface area (TPSA) is 33.2 Å². The van der Waals surface area contributed by atoms with E-state index in [1.54, 1.807) is 12.1 Å². The molecule has 0 bridgehead atoms. The van der Waals surface area contributed by atoms with Gasteiger partial charge in [-0.05, 0) is 46.2 Å². The zero-order valence-corrected chi connectivity index (χ0v) is 14.6. The van der Waals surface area contributed by atoms with Crippen molar-refractivity contribution in [2.45, 2.75) is 11.4 Å². The second-order valence-electron chi connectivity index (χ2n) is 4.53. The molecular formula is C13H8F3IN2OS2. The van der Waals surface area contributed by atoms with Crippen molar-refractivity contribution in [2.24, 2.45) is 0 Å². The second-order valence-corrected chi connectivity index (χ2v) is 7.67. The largest absolute Gasteiger partial charge is 0.407 e. The molecule has 3 nitrogen and oxygen atoms in total. The fourth-order valence-corrected chi connectivity index (χ4v) is 5.14. The molecule has 0 N–H and O–H groups in total. The van der Waals surface area contributed by atoms with Gasteiger partial charge in [-0.25, -0.2) is 4.98 Å². The average Bonchev–Trinajstić information content (AvgIpc) is 2.91. The summed E-state index contributed by atoms with van der Waals surface area (Å²) >= 11 is 4.05. The van der Waals surface area contributed by atoms with E-state index >= 15 is 0 Å². The maximum Gasteiger partial charge on any atom is 0.407 e. The number of Topliss-reactive ketones (excluding diaryl/α,β-unsaturated/α-hetero) is 1. The van der Waals surface area contributed by atoms with Gasteiger partial charge >= 0.3 is 6.18 Å². The van der Waals surface area contributed by atoms with E-state index in [0.717, 1.165) is 36.7 Å². The van der Waals surface area contributed by atoms with Crippen LogP contribution >= 0.6 is 45.9 Å². The summed E-state index contributed by atoms with van der Waals surface area (Å²) in [5, 5.41) is -0.677. The standard InChI is InChI=1S/C13H8F3IN2OS2/c14-13(15,16)5-19-12-11(21-6-18-12)9(20)10(22-19)7-3-1-2-4-8(7)17/h1-4,6,10H,5H2. The number of hydrogen-bond acceptors (Lipinski definition) is 5.